The van der Waals surface area contributed by atoms with E-state index >= 15 is 0 Å². The molecule has 0 bridgehead atoms. The van der Waals surface area contributed by atoms with Crippen LogP contribution in [0, 0.1) is 23.0 Å². The van der Waals surface area contributed by atoms with Crippen LogP contribution >= 0.6 is 0 Å². The summed E-state index contributed by atoms with van der Waals surface area (Å²) in [6, 6.07) is 3.89. The number of hydrogen-bond acceptors (Lipinski definition) is 1. The minimum atomic E-state index is -0.960. The van der Waals surface area contributed by atoms with Gasteiger partial charge in [0, 0.05) is 5.92 Å². The second-order valence-electron chi connectivity index (χ2n) is 4.76. The van der Waals surface area contributed by atoms with Crippen LogP contribution in [0.2, 0.25) is 0 Å². The molecular formula is C12H12F2O2. The Bertz CT molecular complexity index is 454. The summed E-state index contributed by atoms with van der Waals surface area (Å²) in [6.45, 7) is 3.50. The zero-order valence-corrected chi connectivity index (χ0v) is 9.00. The molecule has 2 rings (SSSR count). The number of benzene rings is 1. The second-order valence-corrected chi connectivity index (χ2v) is 4.76. The largest absolute Gasteiger partial charge is 0.481 e. The van der Waals surface area contributed by atoms with Gasteiger partial charge in [-0.15, -0.1) is 0 Å². The summed E-state index contributed by atoms with van der Waals surface area (Å²) in [4.78, 5) is 10.9. The molecule has 2 nitrogen and oxygen atoms in total. The zero-order chi connectivity index (χ0) is 12.1. The molecule has 2 unspecified atom stereocenters. The summed E-state index contributed by atoms with van der Waals surface area (Å²) in [5.41, 5.74) is -0.349. The third kappa shape index (κ3) is 1.40. The third-order valence-electron chi connectivity index (χ3n) is 3.41. The van der Waals surface area contributed by atoms with Gasteiger partial charge in [-0.25, -0.2) is 8.78 Å². The van der Waals surface area contributed by atoms with Gasteiger partial charge in [0.1, 0.15) is 0 Å². The topological polar surface area (TPSA) is 37.3 Å². The number of rotatable bonds is 2. The Hall–Kier alpha value is -1.45. The lowest BCUT2D eigenvalue weighted by Crippen LogP contribution is -2.03. The Labute approximate surface area is 91.9 Å². The summed E-state index contributed by atoms with van der Waals surface area (Å²) in [5.74, 6) is -3.89. The minimum absolute atomic E-state index is 0.164. The van der Waals surface area contributed by atoms with Crippen molar-refractivity contribution < 1.29 is 18.7 Å². The van der Waals surface area contributed by atoms with Gasteiger partial charge in [0.05, 0.1) is 5.92 Å². The number of carboxylic acid groups (broad SMARTS) is 1. The molecule has 16 heavy (non-hydrogen) atoms. The highest BCUT2D eigenvalue weighted by Gasteiger charge is 2.63. The molecule has 0 radical (unpaired) electrons. The highest BCUT2D eigenvalue weighted by atomic mass is 19.2. The zero-order valence-electron chi connectivity index (χ0n) is 9.00. The van der Waals surface area contributed by atoms with Crippen LogP contribution in [-0.2, 0) is 4.79 Å². The van der Waals surface area contributed by atoms with E-state index in [1.165, 1.54) is 12.1 Å². The summed E-state index contributed by atoms with van der Waals surface area (Å²) in [5, 5.41) is 8.96. The summed E-state index contributed by atoms with van der Waals surface area (Å²) in [7, 11) is 0. The molecule has 0 saturated heterocycles. The van der Waals surface area contributed by atoms with E-state index in [0.717, 1.165) is 6.07 Å². The monoisotopic (exact) mass is 226 g/mol. The first-order valence-electron chi connectivity index (χ1n) is 5.04. The van der Waals surface area contributed by atoms with Gasteiger partial charge in [-0.2, -0.15) is 0 Å². The van der Waals surface area contributed by atoms with E-state index in [1.54, 1.807) is 13.8 Å². The molecule has 1 fully saturated rings. The molecule has 1 aromatic carbocycles. The molecule has 0 amide bonds. The first-order valence-corrected chi connectivity index (χ1v) is 5.04. The lowest BCUT2D eigenvalue weighted by Gasteiger charge is -2.04. The van der Waals surface area contributed by atoms with Crippen LogP contribution in [-0.4, -0.2) is 11.1 Å². The highest BCUT2D eigenvalue weighted by molar-refractivity contribution is 5.77. The molecule has 2 atom stereocenters. The molecule has 1 N–H and O–H groups in total. The van der Waals surface area contributed by atoms with E-state index in [9.17, 15) is 13.6 Å². The Morgan fingerprint density at radius 3 is 2.50 bits per heavy atom. The first-order chi connectivity index (χ1) is 7.37. The average Bonchev–Trinajstić information content (AvgIpc) is 2.74. The van der Waals surface area contributed by atoms with Crippen LogP contribution in [0.25, 0.3) is 0 Å². The molecule has 86 valence electrons. The van der Waals surface area contributed by atoms with E-state index in [4.69, 9.17) is 5.11 Å². The SMILES string of the molecule is CC1(C)C(C(=O)O)C1c1cccc(F)c1F. The number of halogens is 2. The molecule has 1 saturated carbocycles. The number of carbonyl (C=O) groups is 1. The van der Waals surface area contributed by atoms with E-state index < -0.39 is 34.9 Å². The quantitative estimate of drug-likeness (QED) is 0.841. The van der Waals surface area contributed by atoms with Gasteiger partial charge < -0.3 is 5.11 Å². The van der Waals surface area contributed by atoms with Crippen molar-refractivity contribution in [2.75, 3.05) is 0 Å². The molecule has 1 aliphatic carbocycles. The molecule has 1 aliphatic rings. The van der Waals surface area contributed by atoms with Crippen molar-refractivity contribution in [3.63, 3.8) is 0 Å². The number of aliphatic carboxylic acids is 1. The molecule has 4 heteroatoms. The van der Waals surface area contributed by atoms with Gasteiger partial charge in [0.15, 0.2) is 11.6 Å². The molecule has 0 heterocycles. The van der Waals surface area contributed by atoms with Crippen LogP contribution in [0.15, 0.2) is 18.2 Å². The summed E-state index contributed by atoms with van der Waals surface area (Å²) >= 11 is 0. The van der Waals surface area contributed by atoms with Crippen molar-refractivity contribution in [1.82, 2.24) is 0 Å². The smallest absolute Gasteiger partial charge is 0.307 e. The normalized spacial score (nSPS) is 26.5. The van der Waals surface area contributed by atoms with Gasteiger partial charge in [-0.05, 0) is 17.0 Å². The lowest BCUT2D eigenvalue weighted by atomic mass is 10.0. The van der Waals surface area contributed by atoms with Crippen LogP contribution in [0.3, 0.4) is 0 Å². The van der Waals surface area contributed by atoms with E-state index in [1.807, 2.05) is 0 Å². The predicted octanol–water partition coefficient (Wildman–Crippen LogP) is 2.79. The predicted molar refractivity (Wildman–Crippen MR) is 54.0 cm³/mol. The Balaban J connectivity index is 2.41. The van der Waals surface area contributed by atoms with Crippen molar-refractivity contribution in [1.29, 1.82) is 0 Å². The van der Waals surface area contributed by atoms with Gasteiger partial charge in [-0.3, -0.25) is 4.79 Å². The molecular weight excluding hydrogens is 214 g/mol. The minimum Gasteiger partial charge on any atom is -0.481 e. The summed E-state index contributed by atoms with van der Waals surface area (Å²) in [6.07, 6.45) is 0. The number of hydrogen-bond donors (Lipinski definition) is 1. The summed E-state index contributed by atoms with van der Waals surface area (Å²) < 4.78 is 26.5. The van der Waals surface area contributed by atoms with Crippen molar-refractivity contribution in [2.45, 2.75) is 19.8 Å². The van der Waals surface area contributed by atoms with Crippen molar-refractivity contribution in [3.05, 3.63) is 35.4 Å². The highest BCUT2D eigenvalue weighted by Crippen LogP contribution is 2.64. The lowest BCUT2D eigenvalue weighted by molar-refractivity contribution is -0.139. The number of carboxylic acids is 1. The van der Waals surface area contributed by atoms with Gasteiger partial charge in [0.2, 0.25) is 0 Å². The maximum atomic E-state index is 13.5. The van der Waals surface area contributed by atoms with Crippen molar-refractivity contribution in [3.8, 4) is 0 Å². The average molecular weight is 226 g/mol. The second kappa shape index (κ2) is 3.27. The van der Waals surface area contributed by atoms with Gasteiger partial charge in [0.25, 0.3) is 0 Å². The third-order valence-corrected chi connectivity index (χ3v) is 3.41. The molecule has 0 spiro atoms. The molecule has 0 aliphatic heterocycles. The molecule has 1 aromatic rings. The van der Waals surface area contributed by atoms with E-state index in [0.29, 0.717) is 0 Å². The van der Waals surface area contributed by atoms with Gasteiger partial charge >= 0.3 is 5.97 Å². The van der Waals surface area contributed by atoms with E-state index in [2.05, 4.69) is 0 Å². The van der Waals surface area contributed by atoms with Crippen LogP contribution in [0.5, 0.6) is 0 Å². The van der Waals surface area contributed by atoms with Gasteiger partial charge in [-0.1, -0.05) is 26.0 Å². The fourth-order valence-electron chi connectivity index (χ4n) is 2.44. The fourth-order valence-corrected chi connectivity index (χ4v) is 2.44. The van der Waals surface area contributed by atoms with Crippen molar-refractivity contribution >= 4 is 5.97 Å². The van der Waals surface area contributed by atoms with Crippen molar-refractivity contribution in [2.24, 2.45) is 11.3 Å². The Morgan fingerprint density at radius 2 is 2.00 bits per heavy atom. The Kier molecular flexibility index (Phi) is 2.26. The van der Waals surface area contributed by atoms with E-state index in [-0.39, 0.29) is 5.56 Å². The first kappa shape index (κ1) is 11.0. The maximum Gasteiger partial charge on any atom is 0.307 e. The van der Waals surface area contributed by atoms with Crippen LogP contribution in [0.1, 0.15) is 25.3 Å². The standard InChI is InChI=1S/C12H12F2O2/c1-12(2)8(9(12)11(15)16)6-4-3-5-7(13)10(6)14/h3-5,8-9H,1-2H3,(H,15,16). The fraction of sp³-hybridized carbons (Fsp3) is 0.417. The maximum absolute atomic E-state index is 13.5. The van der Waals surface area contributed by atoms with Crippen LogP contribution in [0.4, 0.5) is 8.78 Å². The van der Waals surface area contributed by atoms with Crippen LogP contribution < -0.4 is 0 Å². The molecule has 0 aromatic heterocycles. The Morgan fingerprint density at radius 1 is 1.38 bits per heavy atom.